The normalized spacial score (nSPS) is 12.2. The van der Waals surface area contributed by atoms with Crippen LogP contribution in [0.1, 0.15) is 12.8 Å². The highest BCUT2D eigenvalue weighted by Crippen LogP contribution is 2.03. The Morgan fingerprint density at radius 3 is 2.38 bits per heavy atom. The zero-order valence-electron chi connectivity index (χ0n) is 9.70. The number of hydrogen-bond acceptors (Lipinski definition) is 3. The van der Waals surface area contributed by atoms with Gasteiger partial charge in [0.1, 0.15) is 0 Å². The van der Waals surface area contributed by atoms with E-state index in [0.29, 0.717) is 24.0 Å². The molecule has 0 atom stereocenters. The van der Waals surface area contributed by atoms with Crippen LogP contribution in [0.25, 0.3) is 10.4 Å². The van der Waals surface area contributed by atoms with Gasteiger partial charge in [0.15, 0.2) is 0 Å². The molecule has 0 saturated carbocycles. The Kier molecular flexibility index (Phi) is 6.35. The van der Waals surface area contributed by atoms with Crippen LogP contribution in [-0.4, -0.2) is 56.9 Å². The lowest BCUT2D eigenvalue weighted by Gasteiger charge is -2.29. The van der Waals surface area contributed by atoms with Gasteiger partial charge in [0.05, 0.1) is 32.9 Å². The molecule has 0 aliphatic rings. The maximum absolute atomic E-state index is 10.5. The second-order valence-corrected chi connectivity index (χ2v) is 5.90. The van der Waals surface area contributed by atoms with Crippen molar-refractivity contribution in [3.63, 3.8) is 0 Å². The minimum atomic E-state index is -3.85. The van der Waals surface area contributed by atoms with Crippen molar-refractivity contribution in [1.82, 2.24) is 0 Å². The van der Waals surface area contributed by atoms with Crippen molar-refractivity contribution in [1.29, 1.82) is 0 Å². The lowest BCUT2D eigenvalue weighted by atomic mass is 10.3. The fourth-order valence-electron chi connectivity index (χ4n) is 1.40. The van der Waals surface area contributed by atoms with Crippen molar-refractivity contribution >= 4 is 10.1 Å². The Labute approximate surface area is 96.0 Å². The van der Waals surface area contributed by atoms with Gasteiger partial charge in [-0.05, 0) is 5.53 Å². The Balaban J connectivity index is 3.82. The van der Waals surface area contributed by atoms with Gasteiger partial charge in [-0.25, -0.2) is 0 Å². The van der Waals surface area contributed by atoms with Gasteiger partial charge in [-0.15, -0.1) is 0 Å². The molecule has 0 heterocycles. The number of nitrogens with zero attached hydrogens (tertiary/aromatic N) is 4. The summed E-state index contributed by atoms with van der Waals surface area (Å²) in [6.07, 6.45) is 1.19. The predicted octanol–water partition coefficient (Wildman–Crippen LogP) is 1.04. The molecule has 0 aromatic rings. The topological polar surface area (TPSA) is 103 Å². The van der Waals surface area contributed by atoms with E-state index >= 15 is 0 Å². The quantitative estimate of drug-likeness (QED) is 0.174. The van der Waals surface area contributed by atoms with Crippen molar-refractivity contribution in [2.75, 3.05) is 39.5 Å². The van der Waals surface area contributed by atoms with Gasteiger partial charge in [-0.1, -0.05) is 5.11 Å². The first-order valence-corrected chi connectivity index (χ1v) is 6.66. The van der Waals surface area contributed by atoms with Crippen LogP contribution >= 0.6 is 0 Å². The zero-order chi connectivity index (χ0) is 12.7. The molecule has 0 amide bonds. The lowest BCUT2D eigenvalue weighted by molar-refractivity contribution is -0.890. The van der Waals surface area contributed by atoms with E-state index in [0.717, 1.165) is 13.0 Å². The van der Waals surface area contributed by atoms with E-state index in [2.05, 4.69) is 10.0 Å². The minimum Gasteiger partial charge on any atom is -0.328 e. The highest BCUT2D eigenvalue weighted by Gasteiger charge is 2.15. The first-order valence-electron chi connectivity index (χ1n) is 5.05. The maximum atomic E-state index is 10.5. The van der Waals surface area contributed by atoms with E-state index in [1.54, 1.807) is 0 Å². The third kappa shape index (κ3) is 9.72. The largest absolute Gasteiger partial charge is 0.328 e. The average Bonchev–Trinajstić information content (AvgIpc) is 2.10. The van der Waals surface area contributed by atoms with Crippen molar-refractivity contribution in [3.05, 3.63) is 10.4 Å². The van der Waals surface area contributed by atoms with Gasteiger partial charge in [-0.2, -0.15) is 8.42 Å². The van der Waals surface area contributed by atoms with Crippen LogP contribution in [0.15, 0.2) is 5.11 Å². The summed E-state index contributed by atoms with van der Waals surface area (Å²) in [5, 5.41) is 3.43. The van der Waals surface area contributed by atoms with Crippen LogP contribution in [0.2, 0.25) is 0 Å². The summed E-state index contributed by atoms with van der Waals surface area (Å²) in [5.74, 6) is -0.203. The summed E-state index contributed by atoms with van der Waals surface area (Å²) in [5.41, 5.74) is 8.09. The Bertz CT molecular complexity index is 346. The number of hydrogen-bond donors (Lipinski definition) is 1. The van der Waals surface area contributed by atoms with Crippen LogP contribution in [-0.2, 0) is 10.1 Å². The van der Waals surface area contributed by atoms with Gasteiger partial charge in [0.2, 0.25) is 0 Å². The molecule has 0 bridgehead atoms. The standard InChI is InChI=1S/C8H18N4O3S/c1-12(2,6-3-5-10-11-9)7-4-8-16(13,14)15/h3-8H2,1-2H3/p+1. The molecule has 0 aliphatic carbocycles. The van der Waals surface area contributed by atoms with E-state index in [1.807, 2.05) is 14.1 Å². The van der Waals surface area contributed by atoms with Crippen LogP contribution in [0.3, 0.4) is 0 Å². The van der Waals surface area contributed by atoms with Gasteiger partial charge in [0.25, 0.3) is 10.1 Å². The molecule has 0 unspecified atom stereocenters. The first-order chi connectivity index (χ1) is 7.27. The van der Waals surface area contributed by atoms with E-state index in [9.17, 15) is 8.42 Å². The predicted molar refractivity (Wildman–Crippen MR) is 61.5 cm³/mol. The van der Waals surface area contributed by atoms with E-state index in [1.165, 1.54) is 0 Å². The molecule has 0 fully saturated rings. The number of azide groups is 1. The lowest BCUT2D eigenvalue weighted by Crippen LogP contribution is -2.42. The summed E-state index contributed by atoms with van der Waals surface area (Å²) in [6, 6.07) is 0. The minimum absolute atomic E-state index is 0.203. The molecule has 1 N–H and O–H groups in total. The highest BCUT2D eigenvalue weighted by atomic mass is 32.2. The summed E-state index contributed by atoms with van der Waals surface area (Å²) in [4.78, 5) is 2.66. The first kappa shape index (κ1) is 15.2. The van der Waals surface area contributed by atoms with Crippen LogP contribution in [0.4, 0.5) is 0 Å². The fraction of sp³-hybridized carbons (Fsp3) is 1.00. The average molecular weight is 251 g/mol. The van der Waals surface area contributed by atoms with Gasteiger partial charge >= 0.3 is 0 Å². The molecule has 8 heteroatoms. The molecule has 0 rings (SSSR count). The Morgan fingerprint density at radius 1 is 1.31 bits per heavy atom. The Hall–Kier alpha value is -0.820. The molecule has 0 aromatic heterocycles. The van der Waals surface area contributed by atoms with Crippen LogP contribution in [0, 0.1) is 0 Å². The van der Waals surface area contributed by atoms with Crippen molar-refractivity contribution < 1.29 is 17.5 Å². The molecular formula is C8H19N4O3S+. The van der Waals surface area contributed by atoms with Gasteiger partial charge in [0, 0.05) is 24.3 Å². The van der Waals surface area contributed by atoms with Gasteiger partial charge < -0.3 is 4.48 Å². The van der Waals surface area contributed by atoms with Gasteiger partial charge in [-0.3, -0.25) is 4.55 Å². The molecular weight excluding hydrogens is 232 g/mol. The summed E-state index contributed by atoms with van der Waals surface area (Å²) >= 11 is 0. The van der Waals surface area contributed by atoms with E-state index < -0.39 is 10.1 Å². The number of quaternary nitrogens is 1. The Morgan fingerprint density at radius 2 is 1.88 bits per heavy atom. The van der Waals surface area contributed by atoms with Crippen LogP contribution in [0.5, 0.6) is 0 Å². The summed E-state index contributed by atoms with van der Waals surface area (Å²) < 4.78 is 30.2. The van der Waals surface area contributed by atoms with E-state index in [-0.39, 0.29) is 5.75 Å². The SMILES string of the molecule is C[N+](C)(CCCN=[N+]=[N-])CCCS(=O)(=O)O. The molecule has 0 saturated heterocycles. The molecule has 0 spiro atoms. The van der Waals surface area contributed by atoms with Crippen molar-refractivity contribution in [2.24, 2.45) is 5.11 Å². The second kappa shape index (κ2) is 6.70. The third-order valence-corrected chi connectivity index (χ3v) is 3.06. The summed E-state index contributed by atoms with van der Waals surface area (Å²) in [7, 11) is 0.0924. The number of rotatable bonds is 8. The van der Waals surface area contributed by atoms with Crippen LogP contribution < -0.4 is 0 Å². The molecule has 94 valence electrons. The highest BCUT2D eigenvalue weighted by molar-refractivity contribution is 7.85. The molecule has 0 aromatic carbocycles. The second-order valence-electron chi connectivity index (χ2n) is 4.33. The maximum Gasteiger partial charge on any atom is 0.265 e. The molecule has 0 aliphatic heterocycles. The monoisotopic (exact) mass is 251 g/mol. The van der Waals surface area contributed by atoms with Crippen molar-refractivity contribution in [2.45, 2.75) is 12.8 Å². The zero-order valence-corrected chi connectivity index (χ0v) is 10.5. The third-order valence-electron chi connectivity index (χ3n) is 2.25. The molecule has 16 heavy (non-hydrogen) atoms. The smallest absolute Gasteiger partial charge is 0.265 e. The fourth-order valence-corrected chi connectivity index (χ4v) is 1.89. The molecule has 7 nitrogen and oxygen atoms in total. The van der Waals surface area contributed by atoms with E-state index in [4.69, 9.17) is 10.1 Å². The van der Waals surface area contributed by atoms with Crippen molar-refractivity contribution in [3.8, 4) is 0 Å². The summed E-state index contributed by atoms with van der Waals surface area (Å²) in [6.45, 7) is 1.93. The molecule has 0 radical (unpaired) electrons.